The van der Waals surface area contributed by atoms with E-state index in [0.717, 1.165) is 0 Å². The maximum Gasteiger partial charge on any atom is 0.329 e. The van der Waals surface area contributed by atoms with Crippen molar-refractivity contribution in [3.8, 4) is 0 Å². The van der Waals surface area contributed by atoms with Crippen LogP contribution in [0.15, 0.2) is 24.3 Å². The van der Waals surface area contributed by atoms with Crippen LogP contribution in [-0.2, 0) is 14.3 Å². The van der Waals surface area contributed by atoms with Crippen molar-refractivity contribution in [2.45, 2.75) is 19.9 Å². The number of carbonyl (C=O) groups excluding carboxylic acids is 3. The van der Waals surface area contributed by atoms with Crippen molar-refractivity contribution >= 4 is 29.4 Å². The lowest BCUT2D eigenvalue weighted by Crippen LogP contribution is -2.46. The molecule has 1 aromatic carbocycles. The molecule has 0 radical (unpaired) electrons. The minimum Gasteiger partial charge on any atom is -0.454 e. The van der Waals surface area contributed by atoms with Crippen LogP contribution in [0, 0.1) is 5.92 Å². The highest BCUT2D eigenvalue weighted by Crippen LogP contribution is 2.11. The van der Waals surface area contributed by atoms with Crippen molar-refractivity contribution in [1.82, 2.24) is 5.32 Å². The Labute approximate surface area is 127 Å². The van der Waals surface area contributed by atoms with Crippen LogP contribution in [0.1, 0.15) is 24.2 Å². The van der Waals surface area contributed by atoms with Gasteiger partial charge in [-0.2, -0.15) is 0 Å². The molecule has 1 atom stereocenters. The summed E-state index contributed by atoms with van der Waals surface area (Å²) in [7, 11) is 0. The topological polar surface area (TPSA) is 98.5 Å². The predicted molar refractivity (Wildman–Crippen MR) is 77.7 cm³/mol. The summed E-state index contributed by atoms with van der Waals surface area (Å²) in [5, 5.41) is 3.07. The zero-order valence-electron chi connectivity index (χ0n) is 11.8. The Hall–Kier alpha value is -2.08. The normalized spacial score (nSPS) is 11.8. The standard InChI is InChI=1S/C14H17ClN2O4/c1-8(2)12(14(20)21-7-11(16)18)17-13(19)9-3-5-10(15)6-4-9/h3-6,8,12H,7H2,1-2H3,(H2,16,18)(H,17,19). The molecule has 0 aromatic heterocycles. The van der Waals surface area contributed by atoms with Gasteiger partial charge in [-0.25, -0.2) is 4.79 Å². The molecule has 7 heteroatoms. The molecule has 0 fully saturated rings. The fourth-order valence-electron chi connectivity index (χ4n) is 1.56. The summed E-state index contributed by atoms with van der Waals surface area (Å²) >= 11 is 5.74. The minimum absolute atomic E-state index is 0.207. The summed E-state index contributed by atoms with van der Waals surface area (Å²) in [6.07, 6.45) is 0. The summed E-state index contributed by atoms with van der Waals surface area (Å²) in [6.45, 7) is 2.98. The van der Waals surface area contributed by atoms with Crippen molar-refractivity contribution in [2.24, 2.45) is 11.7 Å². The maximum absolute atomic E-state index is 12.1. The second-order valence-corrected chi connectivity index (χ2v) is 5.21. The lowest BCUT2D eigenvalue weighted by atomic mass is 10.0. The number of rotatable bonds is 6. The van der Waals surface area contributed by atoms with E-state index in [4.69, 9.17) is 22.1 Å². The molecule has 0 aliphatic heterocycles. The van der Waals surface area contributed by atoms with Gasteiger partial charge in [-0.3, -0.25) is 9.59 Å². The third-order valence-electron chi connectivity index (χ3n) is 2.67. The van der Waals surface area contributed by atoms with Crippen LogP contribution >= 0.6 is 11.6 Å². The second-order valence-electron chi connectivity index (χ2n) is 4.78. The Kier molecular flexibility index (Phi) is 6.17. The number of esters is 1. The fourth-order valence-corrected chi connectivity index (χ4v) is 1.68. The highest BCUT2D eigenvalue weighted by Gasteiger charge is 2.26. The van der Waals surface area contributed by atoms with E-state index in [1.165, 1.54) is 0 Å². The molecule has 1 aromatic rings. The zero-order chi connectivity index (χ0) is 16.0. The molecule has 0 heterocycles. The summed E-state index contributed by atoms with van der Waals surface area (Å²) in [6, 6.07) is 5.37. The number of amides is 2. The van der Waals surface area contributed by atoms with Gasteiger partial charge in [0.1, 0.15) is 6.04 Å². The molecule has 1 rings (SSSR count). The predicted octanol–water partition coefficient (Wildman–Crippen LogP) is 1.12. The van der Waals surface area contributed by atoms with E-state index in [2.05, 4.69) is 5.32 Å². The van der Waals surface area contributed by atoms with Crippen LogP contribution in [0.4, 0.5) is 0 Å². The highest BCUT2D eigenvalue weighted by molar-refractivity contribution is 6.30. The summed E-state index contributed by atoms with van der Waals surface area (Å²) in [5.41, 5.74) is 5.28. The number of nitrogens with two attached hydrogens (primary N) is 1. The number of ether oxygens (including phenoxy) is 1. The van der Waals surface area contributed by atoms with Gasteiger partial charge in [0.25, 0.3) is 11.8 Å². The highest BCUT2D eigenvalue weighted by atomic mass is 35.5. The Morgan fingerprint density at radius 3 is 2.29 bits per heavy atom. The van der Waals surface area contributed by atoms with Gasteiger partial charge in [0.05, 0.1) is 0 Å². The molecule has 1 unspecified atom stereocenters. The van der Waals surface area contributed by atoms with Crippen LogP contribution in [0.5, 0.6) is 0 Å². The van der Waals surface area contributed by atoms with Gasteiger partial charge < -0.3 is 15.8 Å². The van der Waals surface area contributed by atoms with Crippen molar-refractivity contribution < 1.29 is 19.1 Å². The van der Waals surface area contributed by atoms with E-state index in [9.17, 15) is 14.4 Å². The van der Waals surface area contributed by atoms with E-state index < -0.39 is 30.4 Å². The quantitative estimate of drug-likeness (QED) is 0.769. The van der Waals surface area contributed by atoms with Gasteiger partial charge in [-0.05, 0) is 30.2 Å². The van der Waals surface area contributed by atoms with Crippen molar-refractivity contribution in [3.05, 3.63) is 34.9 Å². The first kappa shape index (κ1) is 17.0. The third-order valence-corrected chi connectivity index (χ3v) is 2.92. The lowest BCUT2D eigenvalue weighted by molar-refractivity contribution is -0.150. The van der Waals surface area contributed by atoms with Crippen LogP contribution in [0.2, 0.25) is 5.02 Å². The van der Waals surface area contributed by atoms with E-state index in [1.54, 1.807) is 38.1 Å². The number of carbonyl (C=O) groups is 3. The molecule has 2 amide bonds. The van der Waals surface area contributed by atoms with Crippen LogP contribution in [0.3, 0.4) is 0 Å². The van der Waals surface area contributed by atoms with Crippen molar-refractivity contribution in [1.29, 1.82) is 0 Å². The van der Waals surface area contributed by atoms with E-state index >= 15 is 0 Å². The molecular formula is C14H17ClN2O4. The smallest absolute Gasteiger partial charge is 0.329 e. The molecular weight excluding hydrogens is 296 g/mol. The molecule has 114 valence electrons. The average molecular weight is 313 g/mol. The number of primary amides is 1. The van der Waals surface area contributed by atoms with E-state index in [-0.39, 0.29) is 5.92 Å². The average Bonchev–Trinajstić information content (AvgIpc) is 2.42. The Balaban J connectivity index is 2.73. The van der Waals surface area contributed by atoms with Crippen LogP contribution in [-0.4, -0.2) is 30.4 Å². The Morgan fingerprint density at radius 2 is 1.81 bits per heavy atom. The fraction of sp³-hybridized carbons (Fsp3) is 0.357. The van der Waals surface area contributed by atoms with Crippen LogP contribution < -0.4 is 11.1 Å². The Bertz CT molecular complexity index is 528. The number of halogens is 1. The minimum atomic E-state index is -0.868. The molecule has 21 heavy (non-hydrogen) atoms. The molecule has 0 bridgehead atoms. The largest absolute Gasteiger partial charge is 0.454 e. The van der Waals surface area contributed by atoms with E-state index in [0.29, 0.717) is 10.6 Å². The second kappa shape index (κ2) is 7.64. The van der Waals surface area contributed by atoms with Crippen LogP contribution in [0.25, 0.3) is 0 Å². The van der Waals surface area contributed by atoms with Gasteiger partial charge in [-0.15, -0.1) is 0 Å². The molecule has 0 aliphatic carbocycles. The first-order valence-corrected chi connectivity index (χ1v) is 6.70. The van der Waals surface area contributed by atoms with Crippen molar-refractivity contribution in [2.75, 3.05) is 6.61 Å². The summed E-state index contributed by atoms with van der Waals surface area (Å²) < 4.78 is 4.73. The first-order valence-electron chi connectivity index (χ1n) is 6.32. The Morgan fingerprint density at radius 1 is 1.24 bits per heavy atom. The summed E-state index contributed by atoms with van der Waals surface area (Å²) in [5.74, 6) is -2.09. The van der Waals surface area contributed by atoms with Crippen molar-refractivity contribution in [3.63, 3.8) is 0 Å². The van der Waals surface area contributed by atoms with Gasteiger partial charge >= 0.3 is 5.97 Å². The van der Waals surface area contributed by atoms with E-state index in [1.807, 2.05) is 0 Å². The lowest BCUT2D eigenvalue weighted by Gasteiger charge is -2.20. The van der Waals surface area contributed by atoms with Gasteiger partial charge in [-0.1, -0.05) is 25.4 Å². The van der Waals surface area contributed by atoms with Gasteiger partial charge in [0.15, 0.2) is 6.61 Å². The SMILES string of the molecule is CC(C)C(NC(=O)c1ccc(Cl)cc1)C(=O)OCC(N)=O. The summed E-state index contributed by atoms with van der Waals surface area (Å²) in [4.78, 5) is 34.5. The number of benzene rings is 1. The van der Waals surface area contributed by atoms with Gasteiger partial charge in [0, 0.05) is 10.6 Å². The molecule has 0 saturated heterocycles. The molecule has 3 N–H and O–H groups in total. The number of hydrogen-bond acceptors (Lipinski definition) is 4. The maximum atomic E-state index is 12.1. The first-order chi connectivity index (χ1) is 9.81. The zero-order valence-corrected chi connectivity index (χ0v) is 12.5. The monoisotopic (exact) mass is 312 g/mol. The number of hydrogen-bond donors (Lipinski definition) is 2. The molecule has 0 saturated carbocycles. The molecule has 0 spiro atoms. The molecule has 6 nitrogen and oxygen atoms in total. The number of nitrogens with one attached hydrogen (secondary N) is 1. The molecule has 0 aliphatic rings. The van der Waals surface area contributed by atoms with Gasteiger partial charge in [0.2, 0.25) is 0 Å². The third kappa shape index (κ3) is 5.43.